The maximum atomic E-state index is 12.5. The van der Waals surface area contributed by atoms with Gasteiger partial charge in [-0.15, -0.1) is 12.4 Å². The van der Waals surface area contributed by atoms with Crippen molar-refractivity contribution >= 4 is 28.3 Å². The maximum absolute atomic E-state index is 12.5. The van der Waals surface area contributed by atoms with Crippen LogP contribution in [0.4, 0.5) is 4.39 Å². The Hall–Kier alpha value is -1.18. The molecule has 0 radical (unpaired) electrons. The minimum Gasteiger partial charge on any atom is -0.387 e. The molecule has 1 aromatic rings. The van der Waals surface area contributed by atoms with Gasteiger partial charge >= 0.3 is 0 Å². The summed E-state index contributed by atoms with van der Waals surface area (Å²) in [5, 5.41) is 6.86. The van der Waals surface area contributed by atoms with Gasteiger partial charge in [0.25, 0.3) is 0 Å². The van der Waals surface area contributed by atoms with Crippen molar-refractivity contribution in [1.29, 1.82) is 5.41 Å². The fraction of sp³-hybridized carbons (Fsp3) is 0.125. The third-order valence-corrected chi connectivity index (χ3v) is 2.99. The van der Waals surface area contributed by atoms with E-state index in [0.29, 0.717) is 0 Å². The number of benzene rings is 1. The lowest BCUT2D eigenvalue weighted by Crippen LogP contribution is -2.32. The van der Waals surface area contributed by atoms with Crippen LogP contribution in [-0.2, 0) is 10.0 Å². The summed E-state index contributed by atoms with van der Waals surface area (Å²) in [5.74, 6) is -0.804. The first kappa shape index (κ1) is 14.8. The van der Waals surface area contributed by atoms with Crippen molar-refractivity contribution in [2.45, 2.75) is 4.90 Å². The molecule has 0 aromatic heterocycles. The second-order valence-electron chi connectivity index (χ2n) is 2.80. The molecule has 0 fully saturated rings. The van der Waals surface area contributed by atoms with Gasteiger partial charge in [-0.25, -0.2) is 17.5 Å². The molecular weight excluding hydrogens is 257 g/mol. The van der Waals surface area contributed by atoms with Gasteiger partial charge in [0.2, 0.25) is 10.0 Å². The van der Waals surface area contributed by atoms with Crippen LogP contribution in [-0.4, -0.2) is 20.8 Å². The minimum absolute atomic E-state index is 0. The largest absolute Gasteiger partial charge is 0.387 e. The van der Waals surface area contributed by atoms with Crippen LogP contribution < -0.4 is 10.5 Å². The highest BCUT2D eigenvalue weighted by molar-refractivity contribution is 7.89. The number of halogens is 2. The van der Waals surface area contributed by atoms with Gasteiger partial charge in [0.1, 0.15) is 11.7 Å². The molecule has 8 heteroatoms. The van der Waals surface area contributed by atoms with Crippen LogP contribution in [0.2, 0.25) is 0 Å². The molecule has 0 atom stereocenters. The average molecular weight is 268 g/mol. The normalized spacial score (nSPS) is 10.6. The van der Waals surface area contributed by atoms with Crippen LogP contribution in [0, 0.1) is 11.2 Å². The standard InChI is InChI=1S/C8H10FN3O2S.ClH/c9-6-1-3-7(4-2-6)15(13,14)12-5-8(10)11;/h1-4,12H,5H2,(H3,10,11);1H. The Morgan fingerprint density at radius 2 is 1.88 bits per heavy atom. The number of nitrogens with two attached hydrogens (primary N) is 1. The molecule has 4 N–H and O–H groups in total. The van der Waals surface area contributed by atoms with Gasteiger partial charge in [0.05, 0.1) is 11.4 Å². The second-order valence-corrected chi connectivity index (χ2v) is 4.57. The van der Waals surface area contributed by atoms with E-state index in [9.17, 15) is 12.8 Å². The van der Waals surface area contributed by atoms with Gasteiger partial charge in [-0.05, 0) is 24.3 Å². The first-order valence-corrected chi connectivity index (χ1v) is 5.48. The van der Waals surface area contributed by atoms with Crippen LogP contribution in [0.5, 0.6) is 0 Å². The lowest BCUT2D eigenvalue weighted by molar-refractivity contribution is 0.585. The molecule has 5 nitrogen and oxygen atoms in total. The fourth-order valence-corrected chi connectivity index (χ4v) is 1.88. The van der Waals surface area contributed by atoms with Crippen molar-refractivity contribution in [3.8, 4) is 0 Å². The Kier molecular flexibility index (Phi) is 5.36. The average Bonchev–Trinajstić information content (AvgIpc) is 2.16. The Morgan fingerprint density at radius 3 is 2.31 bits per heavy atom. The van der Waals surface area contributed by atoms with E-state index in [0.717, 1.165) is 24.3 Å². The fourth-order valence-electron chi connectivity index (χ4n) is 0.870. The summed E-state index contributed by atoms with van der Waals surface area (Å²) in [7, 11) is -3.71. The number of rotatable bonds is 4. The summed E-state index contributed by atoms with van der Waals surface area (Å²) in [6, 6.07) is 4.36. The van der Waals surface area contributed by atoms with E-state index in [2.05, 4.69) is 4.72 Å². The zero-order valence-electron chi connectivity index (χ0n) is 8.10. The van der Waals surface area contributed by atoms with Gasteiger partial charge in [-0.1, -0.05) is 0 Å². The molecule has 0 aliphatic rings. The lowest BCUT2D eigenvalue weighted by atomic mass is 10.4. The van der Waals surface area contributed by atoms with Crippen molar-refractivity contribution in [2.75, 3.05) is 6.54 Å². The summed E-state index contributed by atoms with van der Waals surface area (Å²) < 4.78 is 37.5. The van der Waals surface area contributed by atoms with Gasteiger partial charge in [-0.3, -0.25) is 5.41 Å². The maximum Gasteiger partial charge on any atom is 0.240 e. The molecule has 0 saturated heterocycles. The van der Waals surface area contributed by atoms with E-state index in [1.807, 2.05) is 0 Å². The highest BCUT2D eigenvalue weighted by atomic mass is 35.5. The lowest BCUT2D eigenvalue weighted by Gasteiger charge is -2.05. The molecule has 1 rings (SSSR count). The molecule has 16 heavy (non-hydrogen) atoms. The van der Waals surface area contributed by atoms with Gasteiger partial charge in [0, 0.05) is 0 Å². The summed E-state index contributed by atoms with van der Waals surface area (Å²) >= 11 is 0. The molecule has 0 amide bonds. The van der Waals surface area contributed by atoms with E-state index in [1.54, 1.807) is 0 Å². The smallest absolute Gasteiger partial charge is 0.240 e. The van der Waals surface area contributed by atoms with E-state index >= 15 is 0 Å². The monoisotopic (exact) mass is 267 g/mol. The molecule has 1 aromatic carbocycles. The third kappa shape index (κ3) is 4.13. The minimum atomic E-state index is -3.71. The van der Waals surface area contributed by atoms with Crippen LogP contribution in [0.3, 0.4) is 0 Å². The van der Waals surface area contributed by atoms with E-state index in [4.69, 9.17) is 11.1 Å². The molecule has 0 aliphatic heterocycles. The summed E-state index contributed by atoms with van der Waals surface area (Å²) in [5.41, 5.74) is 5.00. The molecule has 90 valence electrons. The molecule has 0 aliphatic carbocycles. The summed E-state index contributed by atoms with van der Waals surface area (Å²) in [6.45, 7) is -0.264. The van der Waals surface area contributed by atoms with Crippen LogP contribution in [0.25, 0.3) is 0 Å². The number of amidine groups is 1. The van der Waals surface area contributed by atoms with Crippen molar-refractivity contribution in [1.82, 2.24) is 4.72 Å². The Bertz CT molecular complexity index is 461. The van der Waals surface area contributed by atoms with Crippen LogP contribution in [0.15, 0.2) is 29.2 Å². The molecule has 0 bridgehead atoms. The predicted octanol–water partition coefficient (Wildman–Crippen LogP) is 0.462. The SMILES string of the molecule is Cl.N=C(N)CNS(=O)(=O)c1ccc(F)cc1. The quantitative estimate of drug-likeness (QED) is 0.546. The first-order chi connectivity index (χ1) is 6.92. The summed E-state index contributed by atoms with van der Waals surface area (Å²) in [6.07, 6.45) is 0. The molecule has 0 heterocycles. The molecule has 0 unspecified atom stereocenters. The number of hydrogen-bond acceptors (Lipinski definition) is 3. The molecule has 0 saturated carbocycles. The van der Waals surface area contributed by atoms with Gasteiger partial charge in [-0.2, -0.15) is 0 Å². The van der Waals surface area contributed by atoms with E-state index in [1.165, 1.54) is 0 Å². The Labute approximate surface area is 98.8 Å². The molecule has 0 spiro atoms. The van der Waals surface area contributed by atoms with Crippen molar-refractivity contribution in [2.24, 2.45) is 5.73 Å². The number of sulfonamides is 1. The number of hydrogen-bond donors (Lipinski definition) is 3. The number of nitrogens with one attached hydrogen (secondary N) is 2. The van der Waals surface area contributed by atoms with Crippen LogP contribution >= 0.6 is 12.4 Å². The zero-order valence-corrected chi connectivity index (χ0v) is 9.74. The second kappa shape index (κ2) is 5.78. The first-order valence-electron chi connectivity index (χ1n) is 4.00. The summed E-state index contributed by atoms with van der Waals surface area (Å²) in [4.78, 5) is -0.0647. The van der Waals surface area contributed by atoms with Crippen molar-refractivity contribution in [3.05, 3.63) is 30.1 Å². The predicted molar refractivity (Wildman–Crippen MR) is 60.8 cm³/mol. The van der Waals surface area contributed by atoms with E-state index in [-0.39, 0.29) is 29.7 Å². The third-order valence-electron chi connectivity index (χ3n) is 1.58. The molecular formula is C8H11ClFN3O2S. The Balaban J connectivity index is 0.00000225. The zero-order chi connectivity index (χ0) is 11.5. The van der Waals surface area contributed by atoms with Gasteiger partial charge < -0.3 is 5.73 Å². The van der Waals surface area contributed by atoms with Crippen molar-refractivity contribution < 1.29 is 12.8 Å². The van der Waals surface area contributed by atoms with Gasteiger partial charge in [0.15, 0.2) is 0 Å². The van der Waals surface area contributed by atoms with Crippen molar-refractivity contribution in [3.63, 3.8) is 0 Å². The van der Waals surface area contributed by atoms with E-state index < -0.39 is 15.8 Å². The highest BCUT2D eigenvalue weighted by Gasteiger charge is 2.13. The Morgan fingerprint density at radius 1 is 1.38 bits per heavy atom. The van der Waals surface area contributed by atoms with Crippen LogP contribution in [0.1, 0.15) is 0 Å². The topological polar surface area (TPSA) is 96.0 Å². The highest BCUT2D eigenvalue weighted by Crippen LogP contribution is 2.08.